The lowest BCUT2D eigenvalue weighted by Crippen LogP contribution is -2.28. The Hall–Kier alpha value is -2.27. The fourth-order valence-electron chi connectivity index (χ4n) is 3.06. The summed E-state index contributed by atoms with van der Waals surface area (Å²) in [6.45, 7) is 7.82. The molecule has 1 saturated heterocycles. The highest BCUT2D eigenvalue weighted by Gasteiger charge is 2.34. The number of nitrogens with zero attached hydrogens (tertiary/aromatic N) is 1. The maximum atomic E-state index is 12.6. The molecule has 0 aliphatic carbocycles. The van der Waals surface area contributed by atoms with Crippen molar-refractivity contribution >= 4 is 35.0 Å². The molecule has 26 heavy (non-hydrogen) atoms. The van der Waals surface area contributed by atoms with Gasteiger partial charge in [0.05, 0.1) is 5.75 Å². The summed E-state index contributed by atoms with van der Waals surface area (Å²) in [4.78, 5) is 26.4. The quantitative estimate of drug-likeness (QED) is 0.853. The van der Waals surface area contributed by atoms with Gasteiger partial charge in [0.15, 0.2) is 0 Å². The van der Waals surface area contributed by atoms with Crippen molar-refractivity contribution in [1.29, 1.82) is 0 Å². The molecule has 1 aliphatic rings. The number of hydrogen-bond donors (Lipinski definition) is 1. The number of thioether (sulfide) groups is 1. The van der Waals surface area contributed by atoms with Crippen LogP contribution >= 0.6 is 11.8 Å². The predicted molar refractivity (Wildman–Crippen MR) is 109 cm³/mol. The molecule has 4 nitrogen and oxygen atoms in total. The van der Waals surface area contributed by atoms with Gasteiger partial charge in [0.2, 0.25) is 11.8 Å². The van der Waals surface area contributed by atoms with Crippen molar-refractivity contribution in [3.63, 3.8) is 0 Å². The second-order valence-electron chi connectivity index (χ2n) is 6.99. The van der Waals surface area contributed by atoms with Gasteiger partial charge in [-0.15, -0.1) is 11.8 Å². The summed E-state index contributed by atoms with van der Waals surface area (Å²) in [7, 11) is 0. The predicted octanol–water partition coefficient (Wildman–Crippen LogP) is 4.68. The number of hydrogen-bond acceptors (Lipinski definition) is 3. The second kappa shape index (κ2) is 7.54. The highest BCUT2D eigenvalue weighted by Crippen LogP contribution is 2.43. The third kappa shape index (κ3) is 3.78. The van der Waals surface area contributed by atoms with E-state index in [-0.39, 0.29) is 23.1 Å². The first-order chi connectivity index (χ1) is 12.4. The summed E-state index contributed by atoms with van der Waals surface area (Å²) in [6, 6.07) is 13.9. The molecular formula is C21H24N2O2S. The number of rotatable bonds is 4. The minimum atomic E-state index is -0.0835. The number of anilines is 2. The van der Waals surface area contributed by atoms with Gasteiger partial charge in [0.25, 0.3) is 0 Å². The Labute approximate surface area is 159 Å². The largest absolute Gasteiger partial charge is 0.326 e. The number of nitrogens with one attached hydrogen (secondary N) is 1. The molecule has 2 aromatic carbocycles. The lowest BCUT2D eigenvalue weighted by molar-refractivity contribution is -0.119. The normalized spacial score (nSPS) is 17.0. The molecule has 1 aliphatic heterocycles. The average molecular weight is 369 g/mol. The van der Waals surface area contributed by atoms with Gasteiger partial charge >= 0.3 is 0 Å². The number of carbonyl (C=O) groups excluding carboxylic acids is 2. The van der Waals surface area contributed by atoms with Gasteiger partial charge < -0.3 is 5.32 Å². The monoisotopic (exact) mass is 368 g/mol. The molecule has 1 fully saturated rings. The Morgan fingerprint density at radius 3 is 2.65 bits per heavy atom. The second-order valence-corrected chi connectivity index (χ2v) is 8.05. The molecule has 2 amide bonds. The van der Waals surface area contributed by atoms with E-state index in [0.717, 1.165) is 22.5 Å². The summed E-state index contributed by atoms with van der Waals surface area (Å²) < 4.78 is 0. The Morgan fingerprint density at radius 1 is 1.19 bits per heavy atom. The Balaban J connectivity index is 1.92. The van der Waals surface area contributed by atoms with Crippen LogP contribution in [0.15, 0.2) is 42.5 Å². The summed E-state index contributed by atoms with van der Waals surface area (Å²) in [6.07, 6.45) is 0. The van der Waals surface area contributed by atoms with Gasteiger partial charge in [-0.3, -0.25) is 14.5 Å². The van der Waals surface area contributed by atoms with E-state index >= 15 is 0 Å². The van der Waals surface area contributed by atoms with Crippen LogP contribution in [-0.2, 0) is 9.59 Å². The van der Waals surface area contributed by atoms with E-state index in [0.29, 0.717) is 5.75 Å². The van der Waals surface area contributed by atoms with Crippen LogP contribution in [0.5, 0.6) is 0 Å². The molecule has 2 aromatic rings. The van der Waals surface area contributed by atoms with Gasteiger partial charge in [0, 0.05) is 17.3 Å². The van der Waals surface area contributed by atoms with E-state index in [9.17, 15) is 9.59 Å². The first kappa shape index (κ1) is 18.5. The van der Waals surface area contributed by atoms with Gasteiger partial charge in [0.1, 0.15) is 5.37 Å². The van der Waals surface area contributed by atoms with Crippen LogP contribution < -0.4 is 10.2 Å². The molecule has 3 rings (SSSR count). The minimum Gasteiger partial charge on any atom is -0.326 e. The van der Waals surface area contributed by atoms with Crippen molar-refractivity contribution < 1.29 is 9.59 Å². The van der Waals surface area contributed by atoms with Gasteiger partial charge in [-0.1, -0.05) is 43.7 Å². The third-order valence-corrected chi connectivity index (χ3v) is 5.66. The lowest BCUT2D eigenvalue weighted by atomic mass is 10.1. The number of amides is 2. The van der Waals surface area contributed by atoms with E-state index in [1.54, 1.807) is 11.8 Å². The van der Waals surface area contributed by atoms with Crippen molar-refractivity contribution in [2.45, 2.75) is 33.1 Å². The van der Waals surface area contributed by atoms with Crippen molar-refractivity contribution in [2.75, 3.05) is 16.0 Å². The van der Waals surface area contributed by atoms with Gasteiger partial charge in [-0.2, -0.15) is 0 Å². The maximum absolute atomic E-state index is 12.6. The van der Waals surface area contributed by atoms with Crippen molar-refractivity contribution in [3.8, 4) is 0 Å². The van der Waals surface area contributed by atoms with E-state index in [2.05, 4.69) is 18.3 Å². The molecular weight excluding hydrogens is 344 g/mol. The Bertz CT molecular complexity index is 848. The van der Waals surface area contributed by atoms with Crippen LogP contribution in [0.25, 0.3) is 0 Å². The van der Waals surface area contributed by atoms with Crippen molar-refractivity contribution in [3.05, 3.63) is 59.2 Å². The molecule has 1 atom stereocenters. The topological polar surface area (TPSA) is 49.4 Å². The van der Waals surface area contributed by atoms with Crippen LogP contribution in [0.1, 0.15) is 35.9 Å². The fourth-order valence-corrected chi connectivity index (χ4v) is 4.22. The molecule has 0 spiro atoms. The van der Waals surface area contributed by atoms with Crippen LogP contribution in [0.4, 0.5) is 11.4 Å². The smallest absolute Gasteiger partial charge is 0.238 e. The highest BCUT2D eigenvalue weighted by molar-refractivity contribution is 8.00. The first-order valence-electron chi connectivity index (χ1n) is 8.78. The molecule has 5 heteroatoms. The molecule has 0 bridgehead atoms. The molecule has 0 saturated carbocycles. The maximum Gasteiger partial charge on any atom is 0.238 e. The SMILES string of the molecule is Cc1ccc(N2C(=O)CSC2c2cccc(NC(=O)C(C)C)c2)c(C)c1. The van der Waals surface area contributed by atoms with Gasteiger partial charge in [-0.05, 0) is 43.2 Å². The minimum absolute atomic E-state index is 0.0106. The third-order valence-electron chi connectivity index (χ3n) is 4.44. The van der Waals surface area contributed by atoms with Crippen molar-refractivity contribution in [1.82, 2.24) is 0 Å². The van der Waals surface area contributed by atoms with E-state index in [4.69, 9.17) is 0 Å². The molecule has 0 aromatic heterocycles. The Morgan fingerprint density at radius 2 is 1.96 bits per heavy atom. The lowest BCUT2D eigenvalue weighted by Gasteiger charge is -2.26. The molecule has 0 radical (unpaired) electrons. The zero-order valence-corrected chi connectivity index (χ0v) is 16.4. The first-order valence-corrected chi connectivity index (χ1v) is 9.83. The molecule has 1 heterocycles. The van der Waals surface area contributed by atoms with E-state index in [1.807, 2.05) is 62.1 Å². The van der Waals surface area contributed by atoms with E-state index < -0.39 is 0 Å². The summed E-state index contributed by atoms with van der Waals surface area (Å²) in [5, 5.41) is 2.85. The summed E-state index contributed by atoms with van der Waals surface area (Å²) in [5.74, 6) is 0.487. The number of carbonyl (C=O) groups is 2. The van der Waals surface area contributed by atoms with Crippen LogP contribution in [-0.4, -0.2) is 17.6 Å². The summed E-state index contributed by atoms with van der Waals surface area (Å²) >= 11 is 1.62. The molecule has 136 valence electrons. The number of aryl methyl sites for hydroxylation is 2. The summed E-state index contributed by atoms with van der Waals surface area (Å²) in [5.41, 5.74) is 5.01. The Kier molecular flexibility index (Phi) is 5.37. The zero-order chi connectivity index (χ0) is 18.8. The standard InChI is InChI=1S/C21H24N2O2S/c1-13(2)20(25)22-17-7-5-6-16(11-17)21-23(19(24)12-26-21)18-9-8-14(3)10-15(18)4/h5-11,13,21H,12H2,1-4H3,(H,22,25). The molecule has 1 N–H and O–H groups in total. The zero-order valence-electron chi connectivity index (χ0n) is 15.6. The van der Waals surface area contributed by atoms with Crippen molar-refractivity contribution in [2.24, 2.45) is 5.92 Å². The molecule has 1 unspecified atom stereocenters. The van der Waals surface area contributed by atoms with Gasteiger partial charge in [-0.25, -0.2) is 0 Å². The van der Waals surface area contributed by atoms with Crippen LogP contribution in [0.2, 0.25) is 0 Å². The van der Waals surface area contributed by atoms with E-state index in [1.165, 1.54) is 5.56 Å². The fraction of sp³-hybridized carbons (Fsp3) is 0.333. The average Bonchev–Trinajstić information content (AvgIpc) is 2.96. The highest BCUT2D eigenvalue weighted by atomic mass is 32.2. The van der Waals surface area contributed by atoms with Crippen LogP contribution in [0, 0.1) is 19.8 Å². The van der Waals surface area contributed by atoms with Crippen LogP contribution in [0.3, 0.4) is 0 Å². The number of benzene rings is 2.